The molecule has 13 heavy (non-hydrogen) atoms. The van der Waals surface area contributed by atoms with Crippen LogP contribution in [0.1, 0.15) is 46.0 Å². The lowest BCUT2D eigenvalue weighted by molar-refractivity contribution is -0.127. The SMILES string of the molecule is CCC(C)C(=O)C1CCCC(N)C1. The Bertz CT molecular complexity index is 179. The Balaban J connectivity index is 2.46. The maximum Gasteiger partial charge on any atom is 0.138 e. The molecule has 0 spiro atoms. The van der Waals surface area contributed by atoms with Crippen molar-refractivity contribution in [1.82, 2.24) is 0 Å². The van der Waals surface area contributed by atoms with Gasteiger partial charge in [0.15, 0.2) is 0 Å². The van der Waals surface area contributed by atoms with E-state index in [-0.39, 0.29) is 17.9 Å². The van der Waals surface area contributed by atoms with Crippen LogP contribution in [-0.2, 0) is 4.79 Å². The molecule has 2 heteroatoms. The van der Waals surface area contributed by atoms with Crippen molar-refractivity contribution in [3.8, 4) is 0 Å². The highest BCUT2D eigenvalue weighted by atomic mass is 16.1. The number of nitrogens with two attached hydrogens (primary N) is 1. The van der Waals surface area contributed by atoms with Crippen LogP contribution >= 0.6 is 0 Å². The minimum absolute atomic E-state index is 0.232. The number of rotatable bonds is 3. The monoisotopic (exact) mass is 183 g/mol. The standard InChI is InChI=1S/C11H21NO/c1-3-8(2)11(13)9-5-4-6-10(12)7-9/h8-10H,3-7,12H2,1-2H3. The minimum atomic E-state index is 0.232. The van der Waals surface area contributed by atoms with Crippen LogP contribution < -0.4 is 5.73 Å². The molecule has 76 valence electrons. The van der Waals surface area contributed by atoms with Gasteiger partial charge in [-0.2, -0.15) is 0 Å². The fourth-order valence-electron chi connectivity index (χ4n) is 2.09. The van der Waals surface area contributed by atoms with Crippen LogP contribution in [0.2, 0.25) is 0 Å². The van der Waals surface area contributed by atoms with E-state index in [1.54, 1.807) is 0 Å². The summed E-state index contributed by atoms with van der Waals surface area (Å²) in [6, 6.07) is 0.270. The Hall–Kier alpha value is -0.370. The summed E-state index contributed by atoms with van der Waals surface area (Å²) in [5, 5.41) is 0. The van der Waals surface area contributed by atoms with E-state index >= 15 is 0 Å². The lowest BCUT2D eigenvalue weighted by atomic mass is 9.79. The Morgan fingerprint density at radius 3 is 2.77 bits per heavy atom. The molecule has 3 atom stereocenters. The zero-order chi connectivity index (χ0) is 9.84. The highest BCUT2D eigenvalue weighted by molar-refractivity contribution is 5.83. The van der Waals surface area contributed by atoms with Crippen molar-refractivity contribution in [2.24, 2.45) is 17.6 Å². The lowest BCUT2D eigenvalue weighted by Gasteiger charge is -2.27. The smallest absolute Gasteiger partial charge is 0.138 e. The zero-order valence-corrected chi connectivity index (χ0v) is 8.75. The van der Waals surface area contributed by atoms with E-state index in [0.29, 0.717) is 5.78 Å². The number of carbonyl (C=O) groups is 1. The molecule has 0 bridgehead atoms. The normalized spacial score (nSPS) is 31.3. The summed E-state index contributed by atoms with van der Waals surface area (Å²) in [6.45, 7) is 4.10. The molecular formula is C11H21NO. The van der Waals surface area contributed by atoms with E-state index in [4.69, 9.17) is 5.73 Å². The molecule has 0 saturated heterocycles. The van der Waals surface area contributed by atoms with E-state index in [2.05, 4.69) is 6.92 Å². The van der Waals surface area contributed by atoms with E-state index in [9.17, 15) is 4.79 Å². The molecule has 1 aliphatic rings. The second-order valence-electron chi connectivity index (χ2n) is 4.34. The summed E-state index contributed by atoms with van der Waals surface area (Å²) in [4.78, 5) is 11.8. The summed E-state index contributed by atoms with van der Waals surface area (Å²) in [6.07, 6.45) is 5.18. The molecule has 0 heterocycles. The largest absolute Gasteiger partial charge is 0.328 e. The first-order valence-electron chi connectivity index (χ1n) is 5.44. The molecule has 0 aromatic carbocycles. The third kappa shape index (κ3) is 2.80. The summed E-state index contributed by atoms with van der Waals surface area (Å²) in [5.74, 6) is 0.937. The Kier molecular flexibility index (Phi) is 3.91. The second-order valence-corrected chi connectivity index (χ2v) is 4.34. The fourth-order valence-corrected chi connectivity index (χ4v) is 2.09. The van der Waals surface area contributed by atoms with Gasteiger partial charge in [0.1, 0.15) is 5.78 Å². The maximum absolute atomic E-state index is 11.8. The highest BCUT2D eigenvalue weighted by Crippen LogP contribution is 2.26. The molecule has 1 aliphatic carbocycles. The molecule has 1 fully saturated rings. The summed E-state index contributed by atoms with van der Waals surface area (Å²) >= 11 is 0. The molecule has 0 amide bonds. The number of ketones is 1. The minimum Gasteiger partial charge on any atom is -0.328 e. The van der Waals surface area contributed by atoms with Crippen molar-refractivity contribution in [1.29, 1.82) is 0 Å². The molecule has 2 N–H and O–H groups in total. The van der Waals surface area contributed by atoms with Crippen molar-refractivity contribution in [2.45, 2.75) is 52.0 Å². The van der Waals surface area contributed by atoms with Gasteiger partial charge in [0, 0.05) is 17.9 Å². The number of Topliss-reactive ketones (excluding diaryl/α,β-unsaturated/α-hetero) is 1. The maximum atomic E-state index is 11.8. The van der Waals surface area contributed by atoms with Crippen molar-refractivity contribution in [3.05, 3.63) is 0 Å². The van der Waals surface area contributed by atoms with E-state index in [0.717, 1.165) is 32.1 Å². The van der Waals surface area contributed by atoms with Crippen molar-refractivity contribution in [3.63, 3.8) is 0 Å². The molecular weight excluding hydrogens is 162 g/mol. The third-order valence-corrected chi connectivity index (χ3v) is 3.22. The molecule has 0 aromatic heterocycles. The van der Waals surface area contributed by atoms with Crippen molar-refractivity contribution in [2.75, 3.05) is 0 Å². The average molecular weight is 183 g/mol. The van der Waals surface area contributed by atoms with Crippen LogP contribution in [0.25, 0.3) is 0 Å². The first-order valence-corrected chi connectivity index (χ1v) is 5.44. The number of hydrogen-bond donors (Lipinski definition) is 1. The van der Waals surface area contributed by atoms with Crippen LogP contribution in [0.15, 0.2) is 0 Å². The van der Waals surface area contributed by atoms with Gasteiger partial charge >= 0.3 is 0 Å². The van der Waals surface area contributed by atoms with Gasteiger partial charge in [0.25, 0.3) is 0 Å². The van der Waals surface area contributed by atoms with Gasteiger partial charge < -0.3 is 5.73 Å². The second kappa shape index (κ2) is 4.75. The molecule has 1 rings (SSSR count). The van der Waals surface area contributed by atoms with E-state index in [1.807, 2.05) is 6.92 Å². The summed E-state index contributed by atoms with van der Waals surface area (Å²) in [7, 11) is 0. The van der Waals surface area contributed by atoms with Crippen LogP contribution in [0, 0.1) is 11.8 Å². The zero-order valence-electron chi connectivity index (χ0n) is 8.75. The van der Waals surface area contributed by atoms with Gasteiger partial charge in [-0.15, -0.1) is 0 Å². The van der Waals surface area contributed by atoms with Crippen molar-refractivity contribution < 1.29 is 4.79 Å². The van der Waals surface area contributed by atoms with E-state index < -0.39 is 0 Å². The quantitative estimate of drug-likeness (QED) is 0.728. The Morgan fingerprint density at radius 1 is 1.54 bits per heavy atom. The summed E-state index contributed by atoms with van der Waals surface area (Å²) in [5.41, 5.74) is 5.85. The lowest BCUT2D eigenvalue weighted by Crippen LogP contribution is -2.33. The van der Waals surface area contributed by atoms with Gasteiger partial charge in [-0.25, -0.2) is 0 Å². The third-order valence-electron chi connectivity index (χ3n) is 3.22. The van der Waals surface area contributed by atoms with Crippen LogP contribution in [0.4, 0.5) is 0 Å². The molecule has 3 unspecified atom stereocenters. The molecule has 0 aliphatic heterocycles. The first kappa shape index (κ1) is 10.7. The fraction of sp³-hybridized carbons (Fsp3) is 0.909. The Labute approximate surface area is 80.9 Å². The highest BCUT2D eigenvalue weighted by Gasteiger charge is 2.27. The predicted octanol–water partition coefficient (Wildman–Crippen LogP) is 2.12. The van der Waals surface area contributed by atoms with Crippen LogP contribution in [-0.4, -0.2) is 11.8 Å². The topological polar surface area (TPSA) is 43.1 Å². The first-order chi connectivity index (χ1) is 6.15. The van der Waals surface area contributed by atoms with Gasteiger partial charge in [-0.1, -0.05) is 20.3 Å². The van der Waals surface area contributed by atoms with Crippen molar-refractivity contribution >= 4 is 5.78 Å². The van der Waals surface area contributed by atoms with Gasteiger partial charge in [-0.05, 0) is 25.7 Å². The average Bonchev–Trinajstić information content (AvgIpc) is 2.15. The van der Waals surface area contributed by atoms with Gasteiger partial charge in [-0.3, -0.25) is 4.79 Å². The molecule has 0 radical (unpaired) electrons. The van der Waals surface area contributed by atoms with Gasteiger partial charge in [0.05, 0.1) is 0 Å². The predicted molar refractivity (Wildman–Crippen MR) is 54.4 cm³/mol. The molecule has 0 aromatic rings. The number of hydrogen-bond acceptors (Lipinski definition) is 2. The molecule has 1 saturated carbocycles. The summed E-state index contributed by atoms with van der Waals surface area (Å²) < 4.78 is 0. The van der Waals surface area contributed by atoms with Crippen LogP contribution in [0.5, 0.6) is 0 Å². The molecule has 2 nitrogen and oxygen atoms in total. The van der Waals surface area contributed by atoms with E-state index in [1.165, 1.54) is 0 Å². The van der Waals surface area contributed by atoms with Crippen LogP contribution in [0.3, 0.4) is 0 Å². The Morgan fingerprint density at radius 2 is 2.23 bits per heavy atom. The number of carbonyl (C=O) groups excluding carboxylic acids is 1. The van der Waals surface area contributed by atoms with Gasteiger partial charge in [0.2, 0.25) is 0 Å².